The molecule has 0 heterocycles. The number of fused-ring (bicyclic) bond motifs is 15. The van der Waals surface area contributed by atoms with Crippen molar-refractivity contribution in [3.63, 3.8) is 0 Å². The molecule has 12 aromatic rings. The van der Waals surface area contributed by atoms with Crippen LogP contribution in [0.4, 0.5) is 17.1 Å². The van der Waals surface area contributed by atoms with Crippen molar-refractivity contribution in [2.75, 3.05) is 4.90 Å². The lowest BCUT2D eigenvalue weighted by molar-refractivity contribution is 0.660. The van der Waals surface area contributed by atoms with Gasteiger partial charge in [-0.2, -0.15) is 0 Å². The first kappa shape index (κ1) is 15.7. The molecule has 0 aromatic heterocycles. The van der Waals surface area contributed by atoms with E-state index in [4.69, 9.17) is 27.4 Å². The molecule has 1 nitrogen and oxygen atoms in total. The summed E-state index contributed by atoms with van der Waals surface area (Å²) in [6.07, 6.45) is 0. The fraction of sp³-hybridized carbons (Fsp3) is 0.0556. The molecule has 1 heteroatoms. The standard InChI is InChI=1S/C72H49N/c1-71(2)64-26-11-7-22-58(64)62-40-35-51(44-68(62)71)50-19-15-20-54(43-50)73(53-36-32-48(33-37-53)57-39-34-47-17-5-6-21-56(47)70(57)52-31-30-46-16-3-4-18-49(46)42-52)55-38-41-63-61-25-10-14-29-67(61)72(69(63)45-55)65-27-12-8-23-59(65)60-24-9-13-28-66(60)72/h3-45H,1-2H3/i1D3,2D3,3D,4D,5D,6D,7D,8D,9D,10D,11D,12D,13D,14D,15D,16D,17D,18D,19D,20D,21D,22D,23D,24D,25D,26D,27D,28D,29D,30D,31D,32D,33D,34D,35D,36D,37D,38D,39D,40D,41D,42D,43D,44D,45D. The number of hydrogen-bond acceptors (Lipinski definition) is 1. The number of rotatable bonds is 6. The Morgan fingerprint density at radius 2 is 0.795 bits per heavy atom. The van der Waals surface area contributed by atoms with E-state index < -0.39 is 423 Å². The molecular formula is C72H49N. The average Bonchev–Trinajstić information content (AvgIpc) is 1.47. The number of anilines is 3. The maximum atomic E-state index is 11.0. The van der Waals surface area contributed by atoms with Crippen LogP contribution < -0.4 is 4.90 Å². The van der Waals surface area contributed by atoms with Crippen LogP contribution in [-0.4, -0.2) is 0 Å². The van der Waals surface area contributed by atoms with E-state index >= 15 is 0 Å². The minimum Gasteiger partial charge on any atom is -0.310 e. The Labute approximate surface area is 495 Å². The van der Waals surface area contributed by atoms with E-state index in [0.717, 1.165) is 0 Å². The van der Waals surface area contributed by atoms with Gasteiger partial charge in [0.15, 0.2) is 0 Å². The molecule has 1 spiro atoms. The zero-order chi connectivity index (χ0) is 90.8. The molecule has 0 amide bonds. The Morgan fingerprint density at radius 1 is 0.301 bits per heavy atom. The SMILES string of the molecule is [2H]c1c([2H])c([2H])c2c(c1[2H])-c1c([2H])c([2H])c([2H])c([2H])c1C21c2c([2H])c([2H])c([2H])c([2H])c2-c2c([2H])c([2H])c(N(c3c([2H])c([2H])c(-c4c([2H])c([2H])c5c([2H])c([2H])c([2H])c([2H])c5c4-c4c([2H])c([2H])c5c([2H])c([2H])c([2H])c([2H])c5c4[2H])c([2H])c3[2H])c3c([2H])c([2H])c([2H])c(-c4c([2H])c([2H])c5c(c4[2H])C(C([2H])([2H])[2H])(C([2H])([2H])[2H])c4c([2H])c([2H])c([2H])c([2H])c4-5)c3[2H])c([2H])c21. The Kier molecular flexibility index (Phi) is 3.39. The third kappa shape index (κ3) is 6.03. The largest absolute Gasteiger partial charge is 0.310 e. The third-order valence-electron chi connectivity index (χ3n) is 12.8. The summed E-state index contributed by atoms with van der Waals surface area (Å²) in [6.45, 7) is -8.28. The van der Waals surface area contributed by atoms with Crippen LogP contribution in [0, 0.1) is 0 Å². The molecule has 15 rings (SSSR count). The molecule has 0 saturated carbocycles. The van der Waals surface area contributed by atoms with Crippen LogP contribution in [0.2, 0.25) is 0 Å². The first-order valence-electron chi connectivity index (χ1n) is 46.2. The number of benzene rings is 12. The summed E-state index contributed by atoms with van der Waals surface area (Å²) in [4.78, 5) is 0.0296. The van der Waals surface area contributed by atoms with E-state index in [-0.39, 0.29) is 4.90 Å². The highest BCUT2D eigenvalue weighted by Gasteiger charge is 2.51. The maximum absolute atomic E-state index is 11.0. The zero-order valence-corrected chi connectivity index (χ0v) is 36.4. The van der Waals surface area contributed by atoms with E-state index in [1.807, 2.05) is 0 Å². The molecule has 0 unspecified atom stereocenters. The van der Waals surface area contributed by atoms with Gasteiger partial charge in [0, 0.05) is 30.7 Å². The molecule has 0 aliphatic heterocycles. The van der Waals surface area contributed by atoms with Gasteiger partial charge in [-0.3, -0.25) is 0 Å². The van der Waals surface area contributed by atoms with Crippen LogP contribution in [0.5, 0.6) is 0 Å². The Bertz CT molecular complexity index is 6930. The van der Waals surface area contributed by atoms with Gasteiger partial charge in [0.25, 0.3) is 0 Å². The minimum atomic E-state index is -4.14. The zero-order valence-electron chi connectivity index (χ0n) is 85.4. The molecule has 342 valence electrons. The van der Waals surface area contributed by atoms with Gasteiger partial charge in [-0.1, -0.05) is 225 Å². The van der Waals surface area contributed by atoms with Crippen LogP contribution in [0.1, 0.15) is 114 Å². The summed E-state index contributed by atoms with van der Waals surface area (Å²) < 4.78 is 465. The quantitative estimate of drug-likeness (QED) is 0.160. The van der Waals surface area contributed by atoms with Crippen molar-refractivity contribution in [2.24, 2.45) is 0 Å². The van der Waals surface area contributed by atoms with Crippen LogP contribution >= 0.6 is 0 Å². The van der Waals surface area contributed by atoms with Gasteiger partial charge in [-0.15, -0.1) is 0 Å². The predicted molar refractivity (Wildman–Crippen MR) is 306 cm³/mol. The van der Waals surface area contributed by atoms with E-state index in [1.54, 1.807) is 0 Å². The molecular weight excluding hydrogens is 879 g/mol. The van der Waals surface area contributed by atoms with Gasteiger partial charge in [-0.05, 0) is 170 Å². The summed E-state index contributed by atoms with van der Waals surface area (Å²) in [7, 11) is 0. The summed E-state index contributed by atoms with van der Waals surface area (Å²) in [5, 5.41) is -3.55. The Morgan fingerprint density at radius 3 is 1.51 bits per heavy atom. The molecule has 3 aliphatic carbocycles. The van der Waals surface area contributed by atoms with Crippen LogP contribution in [0.15, 0.2) is 260 Å². The molecule has 0 atom stereocenters. The van der Waals surface area contributed by atoms with Crippen molar-refractivity contribution < 1.29 is 67.2 Å². The maximum Gasteiger partial charge on any atom is 0.0726 e. The van der Waals surface area contributed by atoms with Gasteiger partial charge < -0.3 is 4.90 Å². The second-order valence-electron chi connectivity index (χ2n) is 16.5. The van der Waals surface area contributed by atoms with Gasteiger partial charge in [-0.25, -0.2) is 0 Å². The summed E-state index contributed by atoms with van der Waals surface area (Å²) in [5.74, 6) is 0. The average molecular weight is 977 g/mol. The van der Waals surface area contributed by atoms with E-state index in [9.17, 15) is 39.8 Å². The molecule has 0 saturated heterocycles. The summed E-state index contributed by atoms with van der Waals surface area (Å²) in [5.41, 5.74) is -32.1. The van der Waals surface area contributed by atoms with E-state index in [0.29, 0.717) is 0 Å². The molecule has 0 N–H and O–H groups in total. The first-order valence-corrected chi connectivity index (χ1v) is 21.7. The third-order valence-corrected chi connectivity index (χ3v) is 12.8. The van der Waals surface area contributed by atoms with E-state index in [1.165, 1.54) is 0 Å². The monoisotopic (exact) mass is 977 g/mol. The number of hydrogen-bond donors (Lipinski definition) is 0. The second kappa shape index (κ2) is 15.7. The van der Waals surface area contributed by atoms with Crippen molar-refractivity contribution in [3.8, 4) is 66.8 Å². The van der Waals surface area contributed by atoms with Crippen molar-refractivity contribution in [3.05, 3.63) is 293 Å². The van der Waals surface area contributed by atoms with Crippen LogP contribution in [-0.2, 0) is 10.8 Å². The molecule has 73 heavy (non-hydrogen) atoms. The highest BCUT2D eigenvalue weighted by molar-refractivity contribution is 6.06. The Balaban J connectivity index is 1.18. The molecule has 0 fully saturated rings. The highest BCUT2D eigenvalue weighted by atomic mass is 15.1. The minimum absolute atomic E-state index is 0.0296. The Hall–Kier alpha value is -9.04. The van der Waals surface area contributed by atoms with Crippen molar-refractivity contribution >= 4 is 38.6 Å². The van der Waals surface area contributed by atoms with Gasteiger partial charge >= 0.3 is 0 Å². The van der Waals surface area contributed by atoms with Crippen LogP contribution in [0.3, 0.4) is 0 Å². The molecule has 0 bridgehead atoms. The van der Waals surface area contributed by atoms with Crippen molar-refractivity contribution in [2.45, 2.75) is 24.5 Å². The van der Waals surface area contributed by atoms with Crippen molar-refractivity contribution in [1.82, 2.24) is 0 Å². The molecule has 3 aliphatic rings. The van der Waals surface area contributed by atoms with E-state index in [2.05, 4.69) is 0 Å². The normalized spacial score (nSPS) is 23.6. The van der Waals surface area contributed by atoms with Crippen LogP contribution in [0.25, 0.3) is 88.3 Å². The summed E-state index contributed by atoms with van der Waals surface area (Å²) >= 11 is 0. The highest BCUT2D eigenvalue weighted by Crippen LogP contribution is 2.63. The van der Waals surface area contributed by atoms with Gasteiger partial charge in [0.05, 0.1) is 64.4 Å². The topological polar surface area (TPSA) is 3.24 Å². The lowest BCUT2D eigenvalue weighted by atomic mass is 9.70. The smallest absolute Gasteiger partial charge is 0.0726 e. The lowest BCUT2D eigenvalue weighted by Crippen LogP contribution is -2.26. The number of nitrogens with zero attached hydrogens (tertiary/aromatic N) is 1. The molecule has 0 radical (unpaired) electrons. The fourth-order valence-electron chi connectivity index (χ4n) is 9.68. The fourth-order valence-corrected chi connectivity index (χ4v) is 9.68. The van der Waals surface area contributed by atoms with Crippen molar-refractivity contribution in [1.29, 1.82) is 0 Å². The first-order chi connectivity index (χ1) is 56.4. The summed E-state index contributed by atoms with van der Waals surface area (Å²) in [6, 6.07) is -56.0. The van der Waals surface area contributed by atoms with Gasteiger partial charge in [0.2, 0.25) is 0 Å². The molecule has 12 aromatic carbocycles. The predicted octanol–water partition coefficient (Wildman–Crippen LogP) is 19.1. The van der Waals surface area contributed by atoms with Gasteiger partial charge in [0.1, 0.15) is 0 Å². The lowest BCUT2D eigenvalue weighted by Gasteiger charge is -2.32. The second-order valence-corrected chi connectivity index (χ2v) is 16.5.